The predicted molar refractivity (Wildman–Crippen MR) is 70.4 cm³/mol. The zero-order valence-electron chi connectivity index (χ0n) is 9.57. The van der Waals surface area contributed by atoms with Crippen molar-refractivity contribution in [1.82, 2.24) is 19.7 Å². The molecular formula is C10H12Cl2N4S. The first-order chi connectivity index (χ1) is 8.19. The zero-order chi connectivity index (χ0) is 12.4. The number of rotatable bonds is 4. The largest absolute Gasteiger partial charge is 0.216 e. The van der Waals surface area contributed by atoms with Crippen molar-refractivity contribution in [1.29, 1.82) is 0 Å². The minimum atomic E-state index is 0.368. The van der Waals surface area contributed by atoms with E-state index < -0.39 is 0 Å². The second-order valence-electron chi connectivity index (χ2n) is 3.41. The number of alkyl halides is 1. The van der Waals surface area contributed by atoms with Crippen molar-refractivity contribution in [3.63, 3.8) is 0 Å². The van der Waals surface area contributed by atoms with Gasteiger partial charge in [0.2, 0.25) is 5.13 Å². The third kappa shape index (κ3) is 2.46. The van der Waals surface area contributed by atoms with Gasteiger partial charge in [-0.15, -0.1) is 16.7 Å². The molecule has 17 heavy (non-hydrogen) atoms. The Morgan fingerprint density at radius 3 is 2.53 bits per heavy atom. The Bertz CT molecular complexity index is 520. The fourth-order valence-electron chi connectivity index (χ4n) is 1.42. The van der Waals surface area contributed by atoms with Crippen LogP contribution in [-0.2, 0) is 18.7 Å². The molecule has 2 heterocycles. The van der Waals surface area contributed by atoms with Crippen LogP contribution >= 0.6 is 34.5 Å². The topological polar surface area (TPSA) is 43.6 Å². The second kappa shape index (κ2) is 5.33. The van der Waals surface area contributed by atoms with Crippen molar-refractivity contribution in [3.8, 4) is 5.13 Å². The minimum Gasteiger partial charge on any atom is -0.216 e. The second-order valence-corrected chi connectivity index (χ2v) is 5.09. The number of thiazole rings is 1. The maximum atomic E-state index is 5.98. The molecule has 0 fully saturated rings. The molecule has 92 valence electrons. The highest BCUT2D eigenvalue weighted by atomic mass is 35.5. The van der Waals surface area contributed by atoms with Crippen molar-refractivity contribution < 1.29 is 0 Å². The average Bonchev–Trinajstić information content (AvgIpc) is 2.91. The van der Waals surface area contributed by atoms with Gasteiger partial charge in [0, 0.05) is 12.8 Å². The van der Waals surface area contributed by atoms with E-state index in [2.05, 4.69) is 15.1 Å². The molecule has 0 atom stereocenters. The number of nitrogens with zero attached hydrogens (tertiary/aromatic N) is 4. The summed E-state index contributed by atoms with van der Waals surface area (Å²) in [6.45, 7) is 4.07. The fraction of sp³-hybridized carbons (Fsp3) is 0.500. The van der Waals surface area contributed by atoms with E-state index in [9.17, 15) is 0 Å². The third-order valence-electron chi connectivity index (χ3n) is 2.29. The lowest BCUT2D eigenvalue weighted by atomic mass is 10.4. The Balaban J connectivity index is 2.47. The standard InChI is InChI=1S/C10H12Cl2N4S/c1-3-7-13-8(4-2)16(15-7)10-14-9(12)6(5-11)17-10/h3-5H2,1-2H3. The molecule has 0 amide bonds. The van der Waals surface area contributed by atoms with Gasteiger partial charge in [-0.3, -0.25) is 0 Å². The number of hydrogen-bond acceptors (Lipinski definition) is 4. The van der Waals surface area contributed by atoms with Gasteiger partial charge in [-0.2, -0.15) is 4.68 Å². The Labute approximate surface area is 114 Å². The van der Waals surface area contributed by atoms with Crippen LogP contribution in [0.15, 0.2) is 0 Å². The van der Waals surface area contributed by atoms with Crippen LogP contribution in [0.2, 0.25) is 5.15 Å². The first-order valence-corrected chi connectivity index (χ1v) is 7.08. The Kier molecular flexibility index (Phi) is 4.01. The predicted octanol–water partition coefficient (Wildman–Crippen LogP) is 3.24. The van der Waals surface area contributed by atoms with Crippen LogP contribution < -0.4 is 0 Å². The van der Waals surface area contributed by atoms with Gasteiger partial charge in [0.25, 0.3) is 0 Å². The van der Waals surface area contributed by atoms with Crippen molar-refractivity contribution in [2.45, 2.75) is 32.6 Å². The quantitative estimate of drug-likeness (QED) is 0.812. The van der Waals surface area contributed by atoms with Crippen LogP contribution in [0, 0.1) is 0 Å². The number of aryl methyl sites for hydroxylation is 2. The SMILES string of the molecule is CCc1nc(CC)n(-c2nc(Cl)c(CCl)s2)n1. The summed E-state index contributed by atoms with van der Waals surface area (Å²) in [4.78, 5) is 9.56. The molecule has 0 spiro atoms. The number of hydrogen-bond donors (Lipinski definition) is 0. The van der Waals surface area contributed by atoms with Gasteiger partial charge in [-0.05, 0) is 0 Å². The Hall–Kier alpha value is -0.650. The van der Waals surface area contributed by atoms with Crippen molar-refractivity contribution in [3.05, 3.63) is 21.7 Å². The van der Waals surface area contributed by atoms with E-state index >= 15 is 0 Å². The molecule has 0 aliphatic heterocycles. The summed E-state index contributed by atoms with van der Waals surface area (Å²) in [7, 11) is 0. The zero-order valence-corrected chi connectivity index (χ0v) is 11.9. The van der Waals surface area contributed by atoms with Gasteiger partial charge in [0.05, 0.1) is 10.8 Å². The summed E-state index contributed by atoms with van der Waals surface area (Å²) in [6, 6.07) is 0. The van der Waals surface area contributed by atoms with E-state index in [0.717, 1.165) is 34.5 Å². The first-order valence-electron chi connectivity index (χ1n) is 5.35. The van der Waals surface area contributed by atoms with E-state index in [1.54, 1.807) is 4.68 Å². The Morgan fingerprint density at radius 1 is 1.24 bits per heavy atom. The van der Waals surface area contributed by atoms with Gasteiger partial charge in [0.1, 0.15) is 11.0 Å². The van der Waals surface area contributed by atoms with Crippen molar-refractivity contribution >= 4 is 34.5 Å². The lowest BCUT2D eigenvalue weighted by molar-refractivity contribution is 0.785. The lowest BCUT2D eigenvalue weighted by Gasteiger charge is -1.97. The molecule has 7 heteroatoms. The molecule has 0 N–H and O–H groups in total. The number of aromatic nitrogens is 4. The highest BCUT2D eigenvalue weighted by Gasteiger charge is 2.15. The van der Waals surface area contributed by atoms with Crippen LogP contribution in [0.4, 0.5) is 0 Å². The molecule has 2 aromatic rings. The fourth-order valence-corrected chi connectivity index (χ4v) is 2.86. The highest BCUT2D eigenvalue weighted by molar-refractivity contribution is 7.14. The molecule has 0 saturated heterocycles. The molecule has 2 rings (SSSR count). The third-order valence-corrected chi connectivity index (χ3v) is 4.17. The van der Waals surface area contributed by atoms with Crippen molar-refractivity contribution in [2.24, 2.45) is 0 Å². The van der Waals surface area contributed by atoms with Crippen molar-refractivity contribution in [2.75, 3.05) is 0 Å². The molecule has 0 bridgehead atoms. The molecule has 0 unspecified atom stereocenters. The molecule has 0 aliphatic rings. The molecule has 0 radical (unpaired) electrons. The summed E-state index contributed by atoms with van der Waals surface area (Å²) < 4.78 is 1.76. The normalized spacial score (nSPS) is 11.1. The summed E-state index contributed by atoms with van der Waals surface area (Å²) in [5, 5.41) is 5.60. The molecular weight excluding hydrogens is 279 g/mol. The van der Waals surface area contributed by atoms with Crippen LogP contribution in [0.3, 0.4) is 0 Å². The summed E-state index contributed by atoms with van der Waals surface area (Å²) >= 11 is 13.2. The first kappa shape index (κ1) is 12.8. The Morgan fingerprint density at radius 2 is 2.00 bits per heavy atom. The lowest BCUT2D eigenvalue weighted by Crippen LogP contribution is -2.01. The van der Waals surface area contributed by atoms with E-state index in [-0.39, 0.29) is 0 Å². The molecule has 4 nitrogen and oxygen atoms in total. The molecule has 2 aromatic heterocycles. The van der Waals surface area contributed by atoms with Crippen LogP contribution in [0.5, 0.6) is 0 Å². The average molecular weight is 291 g/mol. The van der Waals surface area contributed by atoms with Crippen LogP contribution in [-0.4, -0.2) is 19.7 Å². The highest BCUT2D eigenvalue weighted by Crippen LogP contribution is 2.27. The minimum absolute atomic E-state index is 0.368. The van der Waals surface area contributed by atoms with E-state index in [0.29, 0.717) is 11.0 Å². The van der Waals surface area contributed by atoms with Gasteiger partial charge in [0.15, 0.2) is 5.82 Å². The molecule has 0 saturated carbocycles. The summed E-state index contributed by atoms with van der Waals surface area (Å²) in [5.74, 6) is 2.08. The summed E-state index contributed by atoms with van der Waals surface area (Å²) in [6.07, 6.45) is 1.61. The molecule has 0 aromatic carbocycles. The maximum absolute atomic E-state index is 5.98. The monoisotopic (exact) mass is 290 g/mol. The van der Waals surface area contributed by atoms with Gasteiger partial charge >= 0.3 is 0 Å². The maximum Gasteiger partial charge on any atom is 0.213 e. The van der Waals surface area contributed by atoms with Crippen LogP contribution in [0.1, 0.15) is 30.4 Å². The smallest absolute Gasteiger partial charge is 0.213 e. The van der Waals surface area contributed by atoms with E-state index in [1.807, 2.05) is 13.8 Å². The van der Waals surface area contributed by atoms with E-state index in [4.69, 9.17) is 23.2 Å². The van der Waals surface area contributed by atoms with Gasteiger partial charge in [-0.1, -0.05) is 36.8 Å². The van der Waals surface area contributed by atoms with Gasteiger partial charge < -0.3 is 0 Å². The molecule has 0 aliphatic carbocycles. The van der Waals surface area contributed by atoms with E-state index in [1.165, 1.54) is 11.3 Å². The summed E-state index contributed by atoms with van der Waals surface area (Å²) in [5.41, 5.74) is 0. The van der Waals surface area contributed by atoms with Gasteiger partial charge in [-0.25, -0.2) is 9.97 Å². The van der Waals surface area contributed by atoms with Crippen LogP contribution in [0.25, 0.3) is 5.13 Å². The number of halogens is 2.